The molecule has 1 aromatic heterocycles. The summed E-state index contributed by atoms with van der Waals surface area (Å²) >= 11 is 11.9. The van der Waals surface area contributed by atoms with Crippen molar-refractivity contribution in [1.29, 1.82) is 0 Å². The molecule has 0 bridgehead atoms. The van der Waals surface area contributed by atoms with Crippen LogP contribution >= 0.6 is 23.2 Å². The Morgan fingerprint density at radius 1 is 1.16 bits per heavy atom. The average molecular weight is 376 g/mol. The van der Waals surface area contributed by atoms with E-state index in [-0.39, 0.29) is 18.0 Å². The summed E-state index contributed by atoms with van der Waals surface area (Å²) in [6, 6.07) is 12.2. The molecular formula is C18H15Cl2N3O2. The number of carbonyl (C=O) groups excluding carboxylic acids is 1. The third kappa shape index (κ3) is 4.00. The molecule has 0 aliphatic carbocycles. The molecule has 0 fully saturated rings. The fourth-order valence-electron chi connectivity index (χ4n) is 2.51. The molecule has 0 N–H and O–H groups in total. The molecule has 25 heavy (non-hydrogen) atoms. The number of likely N-dealkylation sites (N-methyl/N-ethyl adjacent to an activating group) is 1. The van der Waals surface area contributed by atoms with Gasteiger partial charge in [0, 0.05) is 23.6 Å². The van der Waals surface area contributed by atoms with Gasteiger partial charge in [-0.2, -0.15) is 0 Å². The number of amides is 1. The minimum absolute atomic E-state index is 0.0919. The van der Waals surface area contributed by atoms with Crippen molar-refractivity contribution >= 4 is 40.0 Å². The first-order valence-electron chi connectivity index (χ1n) is 7.57. The molecule has 3 aromatic rings. The maximum atomic E-state index is 12.5. The van der Waals surface area contributed by atoms with Crippen LogP contribution in [0.25, 0.3) is 10.9 Å². The van der Waals surface area contributed by atoms with Crippen molar-refractivity contribution in [3.8, 4) is 0 Å². The normalized spacial score (nSPS) is 10.8. The van der Waals surface area contributed by atoms with E-state index < -0.39 is 0 Å². The van der Waals surface area contributed by atoms with Gasteiger partial charge in [0.25, 0.3) is 5.56 Å². The standard InChI is InChI=1S/C18H15Cl2N3O2/c1-22(9-12-3-2-4-13(19)7-12)17(24)10-23-11-21-16-6-5-14(20)8-15(16)18(23)25/h2-8,11H,9-10H2,1H3. The maximum absolute atomic E-state index is 12.5. The van der Waals surface area contributed by atoms with Crippen LogP contribution in [0.4, 0.5) is 0 Å². The van der Waals surface area contributed by atoms with Gasteiger partial charge in [0.15, 0.2) is 0 Å². The summed E-state index contributed by atoms with van der Waals surface area (Å²) in [6.07, 6.45) is 1.38. The highest BCUT2D eigenvalue weighted by Crippen LogP contribution is 2.14. The lowest BCUT2D eigenvalue weighted by Crippen LogP contribution is -2.33. The van der Waals surface area contributed by atoms with Gasteiger partial charge in [-0.05, 0) is 35.9 Å². The molecule has 3 rings (SSSR count). The fraction of sp³-hybridized carbons (Fsp3) is 0.167. The predicted octanol–water partition coefficient (Wildman–Crippen LogP) is 3.36. The topological polar surface area (TPSA) is 55.2 Å². The Hall–Kier alpha value is -2.37. The second-order valence-corrected chi connectivity index (χ2v) is 6.59. The molecule has 2 aromatic carbocycles. The van der Waals surface area contributed by atoms with Crippen molar-refractivity contribution in [2.45, 2.75) is 13.1 Å². The maximum Gasteiger partial charge on any atom is 0.261 e. The van der Waals surface area contributed by atoms with Gasteiger partial charge in [-0.25, -0.2) is 4.98 Å². The minimum atomic E-state index is -0.294. The zero-order valence-corrected chi connectivity index (χ0v) is 15.0. The zero-order valence-electron chi connectivity index (χ0n) is 13.4. The quantitative estimate of drug-likeness (QED) is 0.702. The lowest BCUT2D eigenvalue weighted by Gasteiger charge is -2.18. The van der Waals surface area contributed by atoms with Crippen LogP contribution < -0.4 is 5.56 Å². The van der Waals surface area contributed by atoms with Crippen LogP contribution in [0.2, 0.25) is 10.0 Å². The van der Waals surface area contributed by atoms with E-state index >= 15 is 0 Å². The number of nitrogens with zero attached hydrogens (tertiary/aromatic N) is 3. The number of fused-ring (bicyclic) bond motifs is 1. The summed E-state index contributed by atoms with van der Waals surface area (Å²) in [5, 5.41) is 1.46. The molecule has 0 aliphatic rings. The summed E-state index contributed by atoms with van der Waals surface area (Å²) in [4.78, 5) is 30.7. The Kier molecular flexibility index (Phi) is 5.06. The Morgan fingerprint density at radius 3 is 2.68 bits per heavy atom. The Labute approximate surface area is 154 Å². The number of carbonyl (C=O) groups is 1. The molecule has 0 aliphatic heterocycles. The fourth-order valence-corrected chi connectivity index (χ4v) is 2.89. The van der Waals surface area contributed by atoms with E-state index in [9.17, 15) is 9.59 Å². The smallest absolute Gasteiger partial charge is 0.261 e. The van der Waals surface area contributed by atoms with Gasteiger partial charge < -0.3 is 4.90 Å². The first-order valence-corrected chi connectivity index (χ1v) is 8.33. The van der Waals surface area contributed by atoms with Gasteiger partial charge >= 0.3 is 0 Å². The van der Waals surface area contributed by atoms with Crippen LogP contribution in [0, 0.1) is 0 Å². The molecule has 1 amide bonds. The first-order chi connectivity index (χ1) is 11.9. The first kappa shape index (κ1) is 17.5. The Balaban J connectivity index is 1.79. The summed E-state index contributed by atoms with van der Waals surface area (Å²) in [7, 11) is 1.68. The summed E-state index contributed by atoms with van der Waals surface area (Å²) in [5.74, 6) is -0.203. The molecule has 0 saturated carbocycles. The average Bonchev–Trinajstić information content (AvgIpc) is 2.57. The van der Waals surface area contributed by atoms with E-state index in [4.69, 9.17) is 23.2 Å². The minimum Gasteiger partial charge on any atom is -0.340 e. The van der Waals surface area contributed by atoms with Crippen molar-refractivity contribution in [3.63, 3.8) is 0 Å². The molecular weight excluding hydrogens is 361 g/mol. The van der Waals surface area contributed by atoms with E-state index in [1.165, 1.54) is 10.9 Å². The van der Waals surface area contributed by atoms with Crippen LogP contribution in [0.3, 0.4) is 0 Å². The van der Waals surface area contributed by atoms with Crippen LogP contribution in [0.15, 0.2) is 53.6 Å². The van der Waals surface area contributed by atoms with E-state index in [1.807, 2.05) is 12.1 Å². The number of benzene rings is 2. The molecule has 0 unspecified atom stereocenters. The van der Waals surface area contributed by atoms with Crippen molar-refractivity contribution in [2.75, 3.05) is 7.05 Å². The van der Waals surface area contributed by atoms with E-state index in [0.29, 0.717) is 27.5 Å². The lowest BCUT2D eigenvalue weighted by molar-refractivity contribution is -0.131. The van der Waals surface area contributed by atoms with Crippen molar-refractivity contribution in [2.24, 2.45) is 0 Å². The number of rotatable bonds is 4. The summed E-state index contributed by atoms with van der Waals surface area (Å²) in [5.41, 5.74) is 1.17. The van der Waals surface area contributed by atoms with Gasteiger partial charge in [-0.1, -0.05) is 35.3 Å². The van der Waals surface area contributed by atoms with Gasteiger partial charge in [0.1, 0.15) is 6.54 Å². The van der Waals surface area contributed by atoms with Crippen LogP contribution in [-0.4, -0.2) is 27.4 Å². The van der Waals surface area contributed by atoms with E-state index in [1.54, 1.807) is 42.3 Å². The summed E-state index contributed by atoms with van der Waals surface area (Å²) in [6.45, 7) is 0.312. The second-order valence-electron chi connectivity index (χ2n) is 5.72. The zero-order chi connectivity index (χ0) is 18.0. The van der Waals surface area contributed by atoms with Crippen LogP contribution in [0.1, 0.15) is 5.56 Å². The SMILES string of the molecule is CN(Cc1cccc(Cl)c1)C(=O)Cn1cnc2ccc(Cl)cc2c1=O. The van der Waals surface area contributed by atoms with Crippen LogP contribution in [-0.2, 0) is 17.9 Å². The predicted molar refractivity (Wildman–Crippen MR) is 98.9 cm³/mol. The molecule has 0 atom stereocenters. The van der Waals surface area contributed by atoms with Crippen molar-refractivity contribution in [1.82, 2.24) is 14.5 Å². The molecule has 0 radical (unpaired) electrons. The highest BCUT2D eigenvalue weighted by Gasteiger charge is 2.13. The number of aromatic nitrogens is 2. The van der Waals surface area contributed by atoms with Crippen molar-refractivity contribution < 1.29 is 4.79 Å². The van der Waals surface area contributed by atoms with Gasteiger partial charge in [-0.15, -0.1) is 0 Å². The van der Waals surface area contributed by atoms with E-state index in [2.05, 4.69) is 4.98 Å². The molecule has 1 heterocycles. The Morgan fingerprint density at radius 2 is 1.92 bits per heavy atom. The second kappa shape index (κ2) is 7.25. The largest absolute Gasteiger partial charge is 0.340 e. The van der Waals surface area contributed by atoms with Crippen LogP contribution in [0.5, 0.6) is 0 Å². The highest BCUT2D eigenvalue weighted by atomic mass is 35.5. The molecule has 0 saturated heterocycles. The monoisotopic (exact) mass is 375 g/mol. The van der Waals surface area contributed by atoms with Crippen molar-refractivity contribution in [3.05, 3.63) is 74.8 Å². The van der Waals surface area contributed by atoms with Gasteiger partial charge in [0.2, 0.25) is 5.91 Å². The number of hydrogen-bond donors (Lipinski definition) is 0. The Bertz CT molecular complexity index is 1000. The highest BCUT2D eigenvalue weighted by molar-refractivity contribution is 6.31. The third-order valence-corrected chi connectivity index (χ3v) is 4.30. The third-order valence-electron chi connectivity index (χ3n) is 3.83. The number of halogens is 2. The molecule has 128 valence electrons. The molecule has 0 spiro atoms. The number of hydrogen-bond acceptors (Lipinski definition) is 3. The lowest BCUT2D eigenvalue weighted by atomic mass is 10.2. The van der Waals surface area contributed by atoms with E-state index in [0.717, 1.165) is 5.56 Å². The van der Waals surface area contributed by atoms with Gasteiger partial charge in [0.05, 0.1) is 17.2 Å². The molecule has 7 heteroatoms. The summed E-state index contributed by atoms with van der Waals surface area (Å²) < 4.78 is 1.29. The molecule has 5 nitrogen and oxygen atoms in total. The van der Waals surface area contributed by atoms with Gasteiger partial charge in [-0.3, -0.25) is 14.2 Å².